The number of sulfone groups is 1. The molecule has 0 aliphatic carbocycles. The van der Waals surface area contributed by atoms with E-state index in [0.29, 0.717) is 18.6 Å². The monoisotopic (exact) mass is 354 g/mol. The number of rotatable bonds is 4. The summed E-state index contributed by atoms with van der Waals surface area (Å²) in [6.45, 7) is 1.89. The molecular formula is C12H13F3N2O5S. The van der Waals surface area contributed by atoms with Gasteiger partial charge in [0.25, 0.3) is 15.5 Å². The number of hydrogen-bond donors (Lipinski definition) is 1. The molecule has 0 amide bonds. The molecule has 1 aliphatic heterocycles. The summed E-state index contributed by atoms with van der Waals surface area (Å²) in [6.07, 6.45) is 0.415. The highest BCUT2D eigenvalue weighted by Crippen LogP contribution is 2.39. The van der Waals surface area contributed by atoms with Crippen molar-refractivity contribution >= 4 is 21.2 Å². The molecule has 0 aromatic heterocycles. The molecule has 128 valence electrons. The number of anilines is 1. The van der Waals surface area contributed by atoms with Gasteiger partial charge in [-0.05, 0) is 18.6 Å². The first-order valence-corrected chi connectivity index (χ1v) is 7.97. The Morgan fingerprint density at radius 1 is 1.39 bits per heavy atom. The summed E-state index contributed by atoms with van der Waals surface area (Å²) in [5.41, 5.74) is -7.34. The fourth-order valence-corrected chi connectivity index (χ4v) is 3.06. The average molecular weight is 354 g/mol. The fourth-order valence-electron chi connectivity index (χ4n) is 2.28. The molecule has 1 N–H and O–H groups in total. The van der Waals surface area contributed by atoms with E-state index < -0.39 is 36.5 Å². The van der Waals surface area contributed by atoms with Gasteiger partial charge in [-0.1, -0.05) is 6.92 Å². The Hall–Kier alpha value is -1.88. The molecule has 0 radical (unpaired) electrons. The van der Waals surface area contributed by atoms with Crippen LogP contribution in [0.4, 0.5) is 24.5 Å². The van der Waals surface area contributed by atoms with Crippen molar-refractivity contribution in [3.05, 3.63) is 28.3 Å². The highest BCUT2D eigenvalue weighted by atomic mass is 32.2. The van der Waals surface area contributed by atoms with Crippen LogP contribution in [-0.4, -0.2) is 42.6 Å². The van der Waals surface area contributed by atoms with Crippen molar-refractivity contribution < 1.29 is 31.6 Å². The third-order valence-corrected chi connectivity index (χ3v) is 5.21. The van der Waals surface area contributed by atoms with Crippen LogP contribution in [0.2, 0.25) is 0 Å². The van der Waals surface area contributed by atoms with Gasteiger partial charge >= 0.3 is 5.51 Å². The summed E-state index contributed by atoms with van der Waals surface area (Å²) in [5.74, 6) is 0. The lowest BCUT2D eigenvalue weighted by Gasteiger charge is -2.47. The second kappa shape index (κ2) is 5.34. The second-order valence-corrected chi connectivity index (χ2v) is 7.23. The van der Waals surface area contributed by atoms with E-state index >= 15 is 0 Å². The highest BCUT2D eigenvalue weighted by Gasteiger charge is 2.48. The predicted octanol–water partition coefficient (Wildman–Crippen LogP) is 1.85. The highest BCUT2D eigenvalue weighted by molar-refractivity contribution is 7.92. The topological polar surface area (TPSA) is 101 Å². The van der Waals surface area contributed by atoms with Crippen LogP contribution in [0.15, 0.2) is 23.1 Å². The van der Waals surface area contributed by atoms with Crippen molar-refractivity contribution in [2.75, 3.05) is 18.0 Å². The molecule has 0 atom stereocenters. The molecule has 1 aromatic rings. The number of benzene rings is 1. The van der Waals surface area contributed by atoms with Gasteiger partial charge in [-0.25, -0.2) is 8.42 Å². The SMILES string of the molecule is CCC1(O)CN(c2ccc(S(=O)(=O)C(F)(F)F)cc2[N+](=O)[O-])C1. The fraction of sp³-hybridized carbons (Fsp3) is 0.500. The number of aliphatic hydroxyl groups is 1. The maximum Gasteiger partial charge on any atom is 0.501 e. The molecule has 2 rings (SSSR count). The van der Waals surface area contributed by atoms with Crippen LogP contribution in [-0.2, 0) is 9.84 Å². The van der Waals surface area contributed by atoms with Gasteiger partial charge in [0, 0.05) is 19.2 Å². The standard InChI is InChI=1S/C12H13F3N2O5S/c1-2-11(18)6-16(7-11)9-4-3-8(5-10(9)17(19)20)23(21,22)12(13,14)15/h3-5,18H,2,6-7H2,1H3. The van der Waals surface area contributed by atoms with Gasteiger partial charge in [-0.3, -0.25) is 10.1 Å². The van der Waals surface area contributed by atoms with E-state index in [9.17, 15) is 36.8 Å². The van der Waals surface area contributed by atoms with Crippen LogP contribution < -0.4 is 4.90 Å². The molecule has 0 spiro atoms. The summed E-state index contributed by atoms with van der Waals surface area (Å²) < 4.78 is 60.3. The Morgan fingerprint density at radius 3 is 2.39 bits per heavy atom. The maximum absolute atomic E-state index is 12.5. The number of nitro benzene ring substituents is 1. The second-order valence-electron chi connectivity index (χ2n) is 5.29. The summed E-state index contributed by atoms with van der Waals surface area (Å²) in [5, 5.41) is 21.0. The van der Waals surface area contributed by atoms with Gasteiger partial charge in [-0.2, -0.15) is 13.2 Å². The van der Waals surface area contributed by atoms with E-state index in [1.54, 1.807) is 6.92 Å². The first-order valence-electron chi connectivity index (χ1n) is 6.48. The summed E-state index contributed by atoms with van der Waals surface area (Å²) in [6, 6.07) is 2.02. The van der Waals surface area contributed by atoms with Crippen LogP contribution in [0.25, 0.3) is 0 Å². The Balaban J connectivity index is 2.44. The quantitative estimate of drug-likeness (QED) is 0.654. The summed E-state index contributed by atoms with van der Waals surface area (Å²) >= 11 is 0. The normalized spacial score (nSPS) is 17.7. The zero-order valence-electron chi connectivity index (χ0n) is 11.9. The minimum atomic E-state index is -5.66. The van der Waals surface area contributed by atoms with Crippen molar-refractivity contribution in [2.24, 2.45) is 0 Å². The van der Waals surface area contributed by atoms with E-state index in [2.05, 4.69) is 0 Å². The van der Waals surface area contributed by atoms with Crippen LogP contribution in [0.5, 0.6) is 0 Å². The molecule has 11 heteroatoms. The van der Waals surface area contributed by atoms with Gasteiger partial charge < -0.3 is 10.0 Å². The number of nitrogens with zero attached hydrogens (tertiary/aromatic N) is 2. The first-order chi connectivity index (χ1) is 10.4. The molecular weight excluding hydrogens is 341 g/mol. The number of alkyl halides is 3. The third kappa shape index (κ3) is 2.98. The van der Waals surface area contributed by atoms with Crippen molar-refractivity contribution in [3.8, 4) is 0 Å². The Labute approximate surface area is 129 Å². The van der Waals surface area contributed by atoms with Crippen LogP contribution >= 0.6 is 0 Å². The van der Waals surface area contributed by atoms with Crippen LogP contribution in [0.3, 0.4) is 0 Å². The molecule has 0 saturated carbocycles. The van der Waals surface area contributed by atoms with E-state index in [-0.39, 0.29) is 18.8 Å². The zero-order valence-corrected chi connectivity index (χ0v) is 12.7. The van der Waals surface area contributed by atoms with Gasteiger partial charge in [0.2, 0.25) is 0 Å². The molecule has 1 aromatic carbocycles. The molecule has 1 aliphatic rings. The number of halogens is 3. The van der Waals surface area contributed by atoms with E-state index in [1.165, 1.54) is 4.90 Å². The predicted molar refractivity (Wildman–Crippen MR) is 73.8 cm³/mol. The number of nitro groups is 1. The van der Waals surface area contributed by atoms with E-state index in [1.807, 2.05) is 0 Å². The van der Waals surface area contributed by atoms with Crippen molar-refractivity contribution in [1.82, 2.24) is 0 Å². The minimum Gasteiger partial charge on any atom is -0.386 e. The minimum absolute atomic E-state index is 0.0331. The van der Waals surface area contributed by atoms with Gasteiger partial charge in [0.1, 0.15) is 5.69 Å². The van der Waals surface area contributed by atoms with Crippen LogP contribution in [0.1, 0.15) is 13.3 Å². The van der Waals surface area contributed by atoms with Crippen molar-refractivity contribution in [3.63, 3.8) is 0 Å². The van der Waals surface area contributed by atoms with Crippen molar-refractivity contribution in [1.29, 1.82) is 0 Å². The van der Waals surface area contributed by atoms with E-state index in [0.717, 1.165) is 6.07 Å². The number of hydrogen-bond acceptors (Lipinski definition) is 6. The lowest BCUT2D eigenvalue weighted by molar-refractivity contribution is -0.384. The molecule has 0 unspecified atom stereocenters. The lowest BCUT2D eigenvalue weighted by atomic mass is 9.90. The van der Waals surface area contributed by atoms with Gasteiger partial charge in [0.15, 0.2) is 0 Å². The van der Waals surface area contributed by atoms with Crippen molar-refractivity contribution in [2.45, 2.75) is 29.3 Å². The lowest BCUT2D eigenvalue weighted by Crippen LogP contribution is -2.61. The number of β-amino-alcohol motifs (C(OH)–C–C–N with tert-alkyl or cyclic N) is 1. The largest absolute Gasteiger partial charge is 0.501 e. The third-order valence-electron chi connectivity index (χ3n) is 3.73. The Morgan fingerprint density at radius 2 is 1.96 bits per heavy atom. The molecule has 7 nitrogen and oxygen atoms in total. The summed E-state index contributed by atoms with van der Waals surface area (Å²) in [4.78, 5) is 10.3. The molecule has 1 saturated heterocycles. The Kier molecular flexibility index (Phi) is 4.06. The van der Waals surface area contributed by atoms with E-state index in [4.69, 9.17) is 0 Å². The summed E-state index contributed by atoms with van der Waals surface area (Å²) in [7, 11) is -5.66. The molecule has 1 fully saturated rings. The average Bonchev–Trinajstić information content (AvgIpc) is 2.42. The zero-order chi connectivity index (χ0) is 17.6. The van der Waals surface area contributed by atoms with Gasteiger partial charge in [-0.15, -0.1) is 0 Å². The Bertz CT molecular complexity index is 742. The molecule has 1 heterocycles. The first kappa shape index (κ1) is 17.5. The smallest absolute Gasteiger partial charge is 0.386 e. The van der Waals surface area contributed by atoms with Crippen LogP contribution in [0, 0.1) is 10.1 Å². The van der Waals surface area contributed by atoms with Gasteiger partial charge in [0.05, 0.1) is 15.4 Å². The maximum atomic E-state index is 12.5. The molecule has 0 bridgehead atoms. The molecule has 23 heavy (non-hydrogen) atoms.